The van der Waals surface area contributed by atoms with E-state index in [4.69, 9.17) is 5.73 Å². The fourth-order valence-corrected chi connectivity index (χ4v) is 2.71. The smallest absolute Gasteiger partial charge is 0.254 e. The zero-order valence-electron chi connectivity index (χ0n) is 11.9. The van der Waals surface area contributed by atoms with Crippen LogP contribution in [-0.2, 0) is 13.5 Å². The van der Waals surface area contributed by atoms with E-state index < -0.39 is 0 Å². The standard InChI is InChI=1S/C14H24N4O/c1-3-13-12(9-18(2)17-13)14(19)16-8-10-4-6-11(15)7-5-10/h9-11H,3-8,15H2,1-2H3,(H,16,19). The molecule has 1 aromatic heterocycles. The second-order valence-electron chi connectivity index (χ2n) is 5.51. The molecule has 0 aliphatic heterocycles. The van der Waals surface area contributed by atoms with Crippen LogP contribution in [0.3, 0.4) is 0 Å². The highest BCUT2D eigenvalue weighted by atomic mass is 16.1. The van der Waals surface area contributed by atoms with Gasteiger partial charge in [-0.2, -0.15) is 5.10 Å². The second-order valence-corrected chi connectivity index (χ2v) is 5.51. The molecule has 1 aliphatic rings. The number of aryl methyl sites for hydroxylation is 2. The molecular formula is C14H24N4O. The van der Waals surface area contributed by atoms with Gasteiger partial charge in [0.1, 0.15) is 0 Å². The van der Waals surface area contributed by atoms with Crippen molar-refractivity contribution in [2.75, 3.05) is 6.54 Å². The first kappa shape index (κ1) is 14.1. The van der Waals surface area contributed by atoms with Crippen molar-refractivity contribution in [2.24, 2.45) is 18.7 Å². The summed E-state index contributed by atoms with van der Waals surface area (Å²) >= 11 is 0. The van der Waals surface area contributed by atoms with E-state index in [0.717, 1.165) is 44.3 Å². The lowest BCUT2D eigenvalue weighted by Gasteiger charge is -2.26. The normalized spacial score (nSPS) is 23.3. The van der Waals surface area contributed by atoms with Crippen LogP contribution in [0.4, 0.5) is 0 Å². The minimum absolute atomic E-state index is 0.000165. The number of nitrogens with two attached hydrogens (primary N) is 1. The maximum atomic E-state index is 12.2. The predicted octanol–water partition coefficient (Wildman–Crippen LogP) is 1.23. The maximum absolute atomic E-state index is 12.2. The van der Waals surface area contributed by atoms with E-state index in [1.54, 1.807) is 10.9 Å². The highest BCUT2D eigenvalue weighted by molar-refractivity contribution is 5.95. The summed E-state index contributed by atoms with van der Waals surface area (Å²) in [5.74, 6) is 0.574. The van der Waals surface area contributed by atoms with E-state index >= 15 is 0 Å². The van der Waals surface area contributed by atoms with Crippen LogP contribution < -0.4 is 11.1 Å². The van der Waals surface area contributed by atoms with Crippen molar-refractivity contribution < 1.29 is 4.79 Å². The molecular weight excluding hydrogens is 240 g/mol. The van der Waals surface area contributed by atoms with Gasteiger partial charge in [-0.15, -0.1) is 0 Å². The van der Waals surface area contributed by atoms with E-state index in [1.807, 2.05) is 14.0 Å². The number of hydrogen-bond donors (Lipinski definition) is 2. The average Bonchev–Trinajstić information content (AvgIpc) is 2.79. The van der Waals surface area contributed by atoms with Crippen LogP contribution in [0, 0.1) is 5.92 Å². The largest absolute Gasteiger partial charge is 0.352 e. The van der Waals surface area contributed by atoms with Crippen molar-refractivity contribution in [2.45, 2.75) is 45.1 Å². The van der Waals surface area contributed by atoms with Crippen molar-refractivity contribution >= 4 is 5.91 Å². The van der Waals surface area contributed by atoms with Crippen LogP contribution in [0.5, 0.6) is 0 Å². The molecule has 1 amide bonds. The molecule has 0 bridgehead atoms. The molecule has 0 radical (unpaired) electrons. The molecule has 106 valence electrons. The lowest BCUT2D eigenvalue weighted by atomic mass is 9.86. The van der Waals surface area contributed by atoms with Crippen molar-refractivity contribution in [1.29, 1.82) is 0 Å². The Kier molecular flexibility index (Phi) is 4.58. The van der Waals surface area contributed by atoms with Gasteiger partial charge in [-0.3, -0.25) is 9.48 Å². The summed E-state index contributed by atoms with van der Waals surface area (Å²) in [7, 11) is 1.85. The topological polar surface area (TPSA) is 72.9 Å². The number of hydrogen-bond acceptors (Lipinski definition) is 3. The van der Waals surface area contributed by atoms with E-state index in [0.29, 0.717) is 17.5 Å². The molecule has 0 spiro atoms. The predicted molar refractivity (Wildman–Crippen MR) is 74.9 cm³/mol. The molecule has 5 heteroatoms. The van der Waals surface area contributed by atoms with Crippen molar-refractivity contribution in [3.05, 3.63) is 17.5 Å². The monoisotopic (exact) mass is 264 g/mol. The second kappa shape index (κ2) is 6.19. The summed E-state index contributed by atoms with van der Waals surface area (Å²) in [5, 5.41) is 7.33. The van der Waals surface area contributed by atoms with Gasteiger partial charge in [0, 0.05) is 25.8 Å². The quantitative estimate of drug-likeness (QED) is 0.859. The van der Waals surface area contributed by atoms with E-state index in [2.05, 4.69) is 10.4 Å². The molecule has 0 atom stereocenters. The third-order valence-electron chi connectivity index (χ3n) is 3.93. The molecule has 5 nitrogen and oxygen atoms in total. The van der Waals surface area contributed by atoms with E-state index in [-0.39, 0.29) is 5.91 Å². The third-order valence-corrected chi connectivity index (χ3v) is 3.93. The minimum Gasteiger partial charge on any atom is -0.352 e. The molecule has 3 N–H and O–H groups in total. The Morgan fingerprint density at radius 1 is 1.47 bits per heavy atom. The SMILES string of the molecule is CCc1nn(C)cc1C(=O)NCC1CCC(N)CC1. The number of aromatic nitrogens is 2. The van der Waals surface area contributed by atoms with Gasteiger partial charge in [0.25, 0.3) is 5.91 Å². The fraction of sp³-hybridized carbons (Fsp3) is 0.714. The van der Waals surface area contributed by atoms with Crippen molar-refractivity contribution in [3.63, 3.8) is 0 Å². The van der Waals surface area contributed by atoms with Crippen LogP contribution in [-0.4, -0.2) is 28.3 Å². The van der Waals surface area contributed by atoms with Gasteiger partial charge in [-0.05, 0) is 38.0 Å². The Morgan fingerprint density at radius 3 is 2.79 bits per heavy atom. The molecule has 1 heterocycles. The van der Waals surface area contributed by atoms with Crippen LogP contribution in [0.1, 0.15) is 48.7 Å². The molecule has 19 heavy (non-hydrogen) atoms. The van der Waals surface area contributed by atoms with E-state index in [1.165, 1.54) is 0 Å². The van der Waals surface area contributed by atoms with Crippen LogP contribution in [0.2, 0.25) is 0 Å². The van der Waals surface area contributed by atoms with Gasteiger partial charge in [0.05, 0.1) is 11.3 Å². The molecule has 1 aromatic rings. The Hall–Kier alpha value is -1.36. The first-order valence-corrected chi connectivity index (χ1v) is 7.16. The number of carbonyl (C=O) groups is 1. The van der Waals surface area contributed by atoms with Crippen LogP contribution >= 0.6 is 0 Å². The molecule has 1 saturated carbocycles. The summed E-state index contributed by atoms with van der Waals surface area (Å²) in [5.41, 5.74) is 7.46. The Balaban J connectivity index is 1.87. The minimum atomic E-state index is -0.000165. The Bertz CT molecular complexity index is 433. The lowest BCUT2D eigenvalue weighted by Crippen LogP contribution is -2.34. The third kappa shape index (κ3) is 3.56. The zero-order valence-corrected chi connectivity index (χ0v) is 11.9. The van der Waals surface area contributed by atoms with Gasteiger partial charge in [-0.25, -0.2) is 0 Å². The Labute approximate surface area is 114 Å². The summed E-state index contributed by atoms with van der Waals surface area (Å²) < 4.78 is 1.70. The summed E-state index contributed by atoms with van der Waals surface area (Å²) in [6.45, 7) is 2.77. The molecule has 2 rings (SSSR count). The first-order chi connectivity index (χ1) is 9.10. The summed E-state index contributed by atoms with van der Waals surface area (Å²) in [6.07, 6.45) is 6.97. The van der Waals surface area contributed by atoms with Crippen molar-refractivity contribution in [1.82, 2.24) is 15.1 Å². The number of nitrogens with one attached hydrogen (secondary N) is 1. The number of rotatable bonds is 4. The number of carbonyl (C=O) groups excluding carboxylic acids is 1. The summed E-state index contributed by atoms with van der Waals surface area (Å²) in [6, 6.07) is 0.358. The molecule has 0 unspecified atom stereocenters. The van der Waals surface area contributed by atoms with Gasteiger partial charge in [0.2, 0.25) is 0 Å². The van der Waals surface area contributed by atoms with Crippen molar-refractivity contribution in [3.8, 4) is 0 Å². The Morgan fingerprint density at radius 2 is 2.16 bits per heavy atom. The highest BCUT2D eigenvalue weighted by Crippen LogP contribution is 2.22. The van der Waals surface area contributed by atoms with Gasteiger partial charge < -0.3 is 11.1 Å². The number of amides is 1. The summed E-state index contributed by atoms with van der Waals surface area (Å²) in [4.78, 5) is 12.2. The zero-order chi connectivity index (χ0) is 13.8. The van der Waals surface area contributed by atoms with Crippen LogP contribution in [0.15, 0.2) is 6.20 Å². The van der Waals surface area contributed by atoms with Gasteiger partial charge >= 0.3 is 0 Å². The average molecular weight is 264 g/mol. The molecule has 0 aromatic carbocycles. The molecule has 0 saturated heterocycles. The fourth-order valence-electron chi connectivity index (χ4n) is 2.71. The number of nitrogens with zero attached hydrogens (tertiary/aromatic N) is 2. The molecule has 1 fully saturated rings. The first-order valence-electron chi connectivity index (χ1n) is 7.16. The van der Waals surface area contributed by atoms with Gasteiger partial charge in [0.15, 0.2) is 0 Å². The van der Waals surface area contributed by atoms with Crippen LogP contribution in [0.25, 0.3) is 0 Å². The molecule has 1 aliphatic carbocycles. The van der Waals surface area contributed by atoms with Gasteiger partial charge in [-0.1, -0.05) is 6.92 Å². The maximum Gasteiger partial charge on any atom is 0.254 e. The highest BCUT2D eigenvalue weighted by Gasteiger charge is 2.20. The van der Waals surface area contributed by atoms with E-state index in [9.17, 15) is 4.79 Å². The lowest BCUT2D eigenvalue weighted by molar-refractivity contribution is 0.0942.